The Bertz CT molecular complexity index is 409. The molecule has 0 radical (unpaired) electrons. The monoisotopic (exact) mass is 371 g/mol. The smallest absolute Gasteiger partial charge is 0.319 e. The Morgan fingerprint density at radius 2 is 2.35 bits per heavy atom. The van der Waals surface area contributed by atoms with Crippen molar-refractivity contribution in [2.24, 2.45) is 7.05 Å². The summed E-state index contributed by atoms with van der Waals surface area (Å²) >= 11 is 8.14. The SMILES string of the molecule is COC(=O)C(I)CNCc1c(Cl)c(C)nn1C. The number of hydrogen-bond donors (Lipinski definition) is 1. The Hall–Kier alpha value is -0.340. The van der Waals surface area contributed by atoms with Gasteiger partial charge in [0, 0.05) is 20.1 Å². The van der Waals surface area contributed by atoms with Crippen LogP contribution in [0, 0.1) is 6.92 Å². The molecule has 1 rings (SSSR count). The number of esters is 1. The van der Waals surface area contributed by atoms with Gasteiger partial charge in [0.05, 0.1) is 23.5 Å². The number of nitrogens with zero attached hydrogens (tertiary/aromatic N) is 2. The van der Waals surface area contributed by atoms with Crippen LogP contribution in [0.5, 0.6) is 0 Å². The first-order valence-corrected chi connectivity index (χ1v) is 6.70. The van der Waals surface area contributed by atoms with Crippen molar-refractivity contribution in [1.82, 2.24) is 15.1 Å². The van der Waals surface area contributed by atoms with Gasteiger partial charge in [-0.15, -0.1) is 0 Å². The Labute approximate surface area is 119 Å². The number of ether oxygens (including phenoxy) is 1. The van der Waals surface area contributed by atoms with Crippen LogP contribution in [0.1, 0.15) is 11.4 Å². The quantitative estimate of drug-likeness (QED) is 0.483. The third kappa shape index (κ3) is 3.82. The molecule has 0 fully saturated rings. The number of methoxy groups -OCH3 is 1. The van der Waals surface area contributed by atoms with E-state index in [0.717, 1.165) is 11.4 Å². The standard InChI is InChI=1S/C10H15ClIN3O2/c1-6-9(11)8(15(2)14-6)5-13-4-7(12)10(16)17-3/h7,13H,4-5H2,1-3H3. The molecule has 0 aromatic carbocycles. The molecule has 0 aliphatic rings. The number of carbonyl (C=O) groups is 1. The van der Waals surface area contributed by atoms with Gasteiger partial charge in [0.25, 0.3) is 0 Å². The molecule has 0 bridgehead atoms. The van der Waals surface area contributed by atoms with Gasteiger partial charge in [0.1, 0.15) is 3.92 Å². The minimum absolute atomic E-state index is 0.203. The summed E-state index contributed by atoms with van der Waals surface area (Å²) in [6.45, 7) is 2.97. The van der Waals surface area contributed by atoms with E-state index in [1.165, 1.54) is 7.11 Å². The summed E-state index contributed by atoms with van der Waals surface area (Å²) in [7, 11) is 3.23. The largest absolute Gasteiger partial charge is 0.468 e. The number of carbonyl (C=O) groups excluding carboxylic acids is 1. The second-order valence-corrected chi connectivity index (χ2v) is 5.47. The molecule has 5 nitrogen and oxygen atoms in total. The fourth-order valence-electron chi connectivity index (χ4n) is 1.40. The van der Waals surface area contributed by atoms with Gasteiger partial charge in [-0.1, -0.05) is 34.2 Å². The van der Waals surface area contributed by atoms with Crippen molar-refractivity contribution in [1.29, 1.82) is 0 Å². The fourth-order valence-corrected chi connectivity index (χ4v) is 2.19. The lowest BCUT2D eigenvalue weighted by Gasteiger charge is -2.09. The zero-order chi connectivity index (χ0) is 13.0. The summed E-state index contributed by atoms with van der Waals surface area (Å²) in [5.41, 5.74) is 1.72. The lowest BCUT2D eigenvalue weighted by Crippen LogP contribution is -2.29. The molecule has 0 aliphatic heterocycles. The predicted molar refractivity (Wildman–Crippen MR) is 74.5 cm³/mol. The Morgan fingerprint density at radius 3 is 2.82 bits per heavy atom. The van der Waals surface area contributed by atoms with Crippen LogP contribution in [0.15, 0.2) is 0 Å². The molecule has 0 saturated carbocycles. The maximum absolute atomic E-state index is 11.2. The van der Waals surface area contributed by atoms with Crippen LogP contribution in [-0.2, 0) is 23.1 Å². The van der Waals surface area contributed by atoms with Crippen LogP contribution in [0.2, 0.25) is 5.02 Å². The van der Waals surface area contributed by atoms with Crippen molar-refractivity contribution in [3.05, 3.63) is 16.4 Å². The highest BCUT2D eigenvalue weighted by molar-refractivity contribution is 14.1. The number of aromatic nitrogens is 2. The first-order chi connectivity index (χ1) is 7.97. The highest BCUT2D eigenvalue weighted by atomic mass is 127. The van der Waals surface area contributed by atoms with Crippen LogP contribution in [0.3, 0.4) is 0 Å². The highest BCUT2D eigenvalue weighted by Crippen LogP contribution is 2.18. The summed E-state index contributed by atoms with van der Waals surface area (Å²) in [6.07, 6.45) is 0. The summed E-state index contributed by atoms with van der Waals surface area (Å²) < 4.78 is 6.17. The maximum atomic E-state index is 11.2. The molecule has 1 heterocycles. The average molecular weight is 372 g/mol. The molecule has 1 aromatic heterocycles. The van der Waals surface area contributed by atoms with Crippen molar-refractivity contribution in [3.63, 3.8) is 0 Å². The Balaban J connectivity index is 2.49. The lowest BCUT2D eigenvalue weighted by atomic mass is 10.3. The van der Waals surface area contributed by atoms with E-state index in [2.05, 4.69) is 15.2 Å². The van der Waals surface area contributed by atoms with Crippen LogP contribution in [-0.4, -0.2) is 33.3 Å². The zero-order valence-corrected chi connectivity index (χ0v) is 12.9. The van der Waals surface area contributed by atoms with Gasteiger partial charge in [-0.25, -0.2) is 0 Å². The second-order valence-electron chi connectivity index (χ2n) is 3.59. The third-order valence-electron chi connectivity index (χ3n) is 2.33. The molecule has 17 heavy (non-hydrogen) atoms. The van der Waals surface area contributed by atoms with Gasteiger partial charge < -0.3 is 10.1 Å². The van der Waals surface area contributed by atoms with Gasteiger partial charge in [0.2, 0.25) is 0 Å². The van der Waals surface area contributed by atoms with Gasteiger partial charge >= 0.3 is 5.97 Å². The molecule has 0 aliphatic carbocycles. The summed E-state index contributed by atoms with van der Waals surface area (Å²) in [6, 6.07) is 0. The van der Waals surface area contributed by atoms with Crippen molar-refractivity contribution < 1.29 is 9.53 Å². The second kappa shape index (κ2) is 6.55. The molecule has 7 heteroatoms. The molecule has 1 N–H and O–H groups in total. The average Bonchev–Trinajstić information content (AvgIpc) is 2.54. The van der Waals surface area contributed by atoms with E-state index in [4.69, 9.17) is 11.6 Å². The Morgan fingerprint density at radius 1 is 1.71 bits per heavy atom. The van der Waals surface area contributed by atoms with Crippen LogP contribution in [0.25, 0.3) is 0 Å². The molecule has 1 aromatic rings. The molecule has 0 spiro atoms. The van der Waals surface area contributed by atoms with Crippen LogP contribution >= 0.6 is 34.2 Å². The van der Waals surface area contributed by atoms with Crippen molar-refractivity contribution >= 4 is 40.2 Å². The van der Waals surface area contributed by atoms with E-state index < -0.39 is 0 Å². The van der Waals surface area contributed by atoms with E-state index in [-0.39, 0.29) is 9.89 Å². The number of nitrogens with one attached hydrogen (secondary N) is 1. The third-order valence-corrected chi connectivity index (χ3v) is 3.78. The van der Waals surface area contributed by atoms with E-state index in [1.54, 1.807) is 4.68 Å². The number of rotatable bonds is 5. The van der Waals surface area contributed by atoms with E-state index in [1.807, 2.05) is 36.6 Å². The van der Waals surface area contributed by atoms with Crippen molar-refractivity contribution in [2.45, 2.75) is 17.4 Å². The number of alkyl halides is 1. The van der Waals surface area contributed by atoms with E-state index in [9.17, 15) is 4.79 Å². The minimum atomic E-state index is -0.231. The van der Waals surface area contributed by atoms with Crippen molar-refractivity contribution in [3.8, 4) is 0 Å². The number of hydrogen-bond acceptors (Lipinski definition) is 4. The first-order valence-electron chi connectivity index (χ1n) is 5.08. The molecule has 0 amide bonds. The highest BCUT2D eigenvalue weighted by Gasteiger charge is 2.15. The molecule has 1 atom stereocenters. The Kier molecular flexibility index (Phi) is 5.68. The summed E-state index contributed by atoms with van der Waals surface area (Å²) in [5.74, 6) is -0.231. The van der Waals surface area contributed by atoms with Crippen LogP contribution in [0.4, 0.5) is 0 Å². The summed E-state index contributed by atoms with van der Waals surface area (Å²) in [5, 5.41) is 8.04. The number of aryl methyl sites for hydroxylation is 2. The van der Waals surface area contributed by atoms with Gasteiger partial charge in [0.15, 0.2) is 0 Å². The molecular formula is C10H15ClIN3O2. The molecule has 0 saturated heterocycles. The van der Waals surface area contributed by atoms with Gasteiger partial charge in [-0.2, -0.15) is 5.10 Å². The predicted octanol–water partition coefficient (Wildman–Crippen LogP) is 1.45. The van der Waals surface area contributed by atoms with Crippen LogP contribution < -0.4 is 5.32 Å². The van der Waals surface area contributed by atoms with E-state index >= 15 is 0 Å². The molecular weight excluding hydrogens is 356 g/mol. The molecule has 1 unspecified atom stereocenters. The van der Waals surface area contributed by atoms with Crippen molar-refractivity contribution in [2.75, 3.05) is 13.7 Å². The van der Waals surface area contributed by atoms with Gasteiger partial charge in [-0.05, 0) is 6.92 Å². The first kappa shape index (κ1) is 14.7. The van der Waals surface area contributed by atoms with Gasteiger partial charge in [-0.3, -0.25) is 9.48 Å². The minimum Gasteiger partial charge on any atom is -0.468 e. The normalized spacial score (nSPS) is 12.5. The zero-order valence-electron chi connectivity index (χ0n) is 9.96. The summed E-state index contributed by atoms with van der Waals surface area (Å²) in [4.78, 5) is 11.2. The van der Waals surface area contributed by atoms with E-state index in [0.29, 0.717) is 18.1 Å². The molecule has 96 valence electrons. The lowest BCUT2D eigenvalue weighted by molar-refractivity contribution is -0.139. The maximum Gasteiger partial charge on any atom is 0.319 e. The number of halogens is 2. The fraction of sp³-hybridized carbons (Fsp3) is 0.600. The topological polar surface area (TPSA) is 56.1 Å².